The van der Waals surface area contributed by atoms with Crippen LogP contribution in [0.5, 0.6) is 5.75 Å². The minimum Gasteiger partial charge on any atom is -0.506 e. The van der Waals surface area contributed by atoms with Gasteiger partial charge in [-0.2, -0.15) is 0 Å². The van der Waals surface area contributed by atoms with E-state index in [1.807, 2.05) is 48.5 Å². The zero-order chi connectivity index (χ0) is 22.8. The van der Waals surface area contributed by atoms with Crippen molar-refractivity contribution in [2.45, 2.75) is 18.4 Å². The number of ether oxygens (including phenoxy) is 1. The standard InChI is InChI=1S/C24H19Br2NO5/c25-14-9-13(22(28)20(26)11-14)10-21(23(29)30)27-24(31)32-12-19-17-7-3-1-5-15(17)16-6-2-4-8-18(16)19/h1-9,11,19,21,28H,10,12H2,(H,27,31)(H,29,30). The third-order valence-electron chi connectivity index (χ3n) is 5.47. The van der Waals surface area contributed by atoms with Crippen molar-refractivity contribution < 1.29 is 24.5 Å². The Morgan fingerprint density at radius 3 is 2.19 bits per heavy atom. The van der Waals surface area contributed by atoms with Gasteiger partial charge in [-0.25, -0.2) is 9.59 Å². The number of carbonyl (C=O) groups excluding carboxylic acids is 1. The molecule has 0 saturated carbocycles. The van der Waals surface area contributed by atoms with Crippen molar-refractivity contribution in [3.63, 3.8) is 0 Å². The molecule has 3 aromatic carbocycles. The summed E-state index contributed by atoms with van der Waals surface area (Å²) in [7, 11) is 0. The third kappa shape index (κ3) is 4.52. The topological polar surface area (TPSA) is 95.9 Å². The highest BCUT2D eigenvalue weighted by Gasteiger charge is 2.30. The minimum atomic E-state index is -1.27. The molecule has 4 rings (SSSR count). The van der Waals surface area contributed by atoms with Gasteiger partial charge in [0.15, 0.2) is 0 Å². The van der Waals surface area contributed by atoms with Crippen molar-refractivity contribution in [1.82, 2.24) is 5.32 Å². The molecule has 164 valence electrons. The predicted molar refractivity (Wildman–Crippen MR) is 127 cm³/mol. The van der Waals surface area contributed by atoms with E-state index in [0.29, 0.717) is 14.5 Å². The molecule has 0 saturated heterocycles. The highest BCUT2D eigenvalue weighted by molar-refractivity contribution is 9.11. The van der Waals surface area contributed by atoms with Gasteiger partial charge in [0.05, 0.1) is 4.47 Å². The molecule has 3 N–H and O–H groups in total. The quantitative estimate of drug-likeness (QED) is 0.372. The van der Waals surface area contributed by atoms with Crippen LogP contribution < -0.4 is 5.32 Å². The molecule has 6 nitrogen and oxygen atoms in total. The van der Waals surface area contributed by atoms with Crippen molar-refractivity contribution in [2.75, 3.05) is 6.61 Å². The number of aromatic hydroxyl groups is 1. The van der Waals surface area contributed by atoms with E-state index in [-0.39, 0.29) is 24.7 Å². The fraction of sp³-hybridized carbons (Fsp3) is 0.167. The number of hydrogen-bond acceptors (Lipinski definition) is 4. The number of nitrogens with one attached hydrogen (secondary N) is 1. The number of fused-ring (bicyclic) bond motifs is 3. The molecule has 0 bridgehead atoms. The van der Waals surface area contributed by atoms with Crippen molar-refractivity contribution in [1.29, 1.82) is 0 Å². The maximum absolute atomic E-state index is 12.5. The molecule has 1 aliphatic carbocycles. The second-order valence-corrected chi connectivity index (χ2v) is 9.23. The summed E-state index contributed by atoms with van der Waals surface area (Å²) in [5.41, 5.74) is 4.73. The lowest BCUT2D eigenvalue weighted by molar-refractivity contribution is -0.139. The SMILES string of the molecule is O=C(NC(Cc1cc(Br)cc(Br)c1O)C(=O)O)OCC1c2ccccc2-c2ccccc21. The Hall–Kier alpha value is -2.84. The van der Waals surface area contributed by atoms with Gasteiger partial charge in [-0.3, -0.25) is 0 Å². The van der Waals surface area contributed by atoms with Crippen molar-refractivity contribution >= 4 is 43.9 Å². The van der Waals surface area contributed by atoms with E-state index in [4.69, 9.17) is 4.74 Å². The number of phenols is 1. The Labute approximate surface area is 201 Å². The molecular weight excluding hydrogens is 542 g/mol. The highest BCUT2D eigenvalue weighted by atomic mass is 79.9. The molecule has 1 aliphatic rings. The first-order chi connectivity index (χ1) is 15.3. The Morgan fingerprint density at radius 1 is 1.00 bits per heavy atom. The number of carboxylic acids is 1. The smallest absolute Gasteiger partial charge is 0.407 e. The van der Waals surface area contributed by atoms with Crippen LogP contribution in [0.4, 0.5) is 4.79 Å². The van der Waals surface area contributed by atoms with Gasteiger partial charge in [0, 0.05) is 16.8 Å². The summed E-state index contributed by atoms with van der Waals surface area (Å²) >= 11 is 6.54. The average molecular weight is 561 g/mol. The first-order valence-corrected chi connectivity index (χ1v) is 11.4. The fourth-order valence-corrected chi connectivity index (χ4v) is 5.29. The van der Waals surface area contributed by atoms with Gasteiger partial charge < -0.3 is 20.3 Å². The molecule has 1 amide bonds. The number of aliphatic carboxylic acids is 1. The van der Waals surface area contributed by atoms with Crippen LogP contribution in [-0.4, -0.2) is 34.9 Å². The molecular formula is C24H19Br2NO5. The summed E-state index contributed by atoms with van der Waals surface area (Å²) in [6.45, 7) is 0.0832. The number of amides is 1. The third-order valence-corrected chi connectivity index (χ3v) is 6.53. The fourth-order valence-electron chi connectivity index (χ4n) is 3.98. The maximum atomic E-state index is 12.5. The van der Waals surface area contributed by atoms with Crippen LogP contribution in [0.3, 0.4) is 0 Å². The second kappa shape index (κ2) is 9.34. The lowest BCUT2D eigenvalue weighted by Gasteiger charge is -2.18. The Morgan fingerprint density at radius 2 is 1.59 bits per heavy atom. The zero-order valence-electron chi connectivity index (χ0n) is 16.7. The second-order valence-electron chi connectivity index (χ2n) is 7.46. The summed E-state index contributed by atoms with van der Waals surface area (Å²) in [4.78, 5) is 24.2. The van der Waals surface area contributed by atoms with Crippen LogP contribution in [-0.2, 0) is 16.0 Å². The first-order valence-electron chi connectivity index (χ1n) is 9.86. The normalized spacial score (nSPS) is 13.2. The Balaban J connectivity index is 1.46. The van der Waals surface area contributed by atoms with Crippen LogP contribution >= 0.6 is 31.9 Å². The van der Waals surface area contributed by atoms with Crippen LogP contribution in [0.15, 0.2) is 69.6 Å². The summed E-state index contributed by atoms with van der Waals surface area (Å²) in [5.74, 6) is -1.43. The van der Waals surface area contributed by atoms with E-state index in [9.17, 15) is 19.8 Å². The molecule has 0 spiro atoms. The number of hydrogen-bond donors (Lipinski definition) is 3. The van der Waals surface area contributed by atoms with Gasteiger partial charge in [-0.15, -0.1) is 0 Å². The van der Waals surface area contributed by atoms with Crippen molar-refractivity contribution in [2.24, 2.45) is 0 Å². The van der Waals surface area contributed by atoms with Crippen molar-refractivity contribution in [3.8, 4) is 16.9 Å². The molecule has 32 heavy (non-hydrogen) atoms. The lowest BCUT2D eigenvalue weighted by atomic mass is 9.98. The van der Waals surface area contributed by atoms with Gasteiger partial charge in [0.2, 0.25) is 0 Å². The van der Waals surface area contributed by atoms with Crippen LogP contribution in [0.2, 0.25) is 0 Å². The van der Waals surface area contributed by atoms with Crippen LogP contribution in [0.1, 0.15) is 22.6 Å². The summed E-state index contributed by atoms with van der Waals surface area (Å²) < 4.78 is 6.53. The van der Waals surface area contributed by atoms with E-state index in [1.165, 1.54) is 0 Å². The van der Waals surface area contributed by atoms with Gasteiger partial charge >= 0.3 is 12.1 Å². The first kappa shape index (κ1) is 22.4. The van der Waals surface area contributed by atoms with Gasteiger partial charge in [0.25, 0.3) is 0 Å². The molecule has 0 aromatic heterocycles. The summed E-state index contributed by atoms with van der Waals surface area (Å²) in [5, 5.41) is 22.2. The number of carboxylic acid groups (broad SMARTS) is 1. The molecule has 0 radical (unpaired) electrons. The van der Waals surface area contributed by atoms with E-state index in [0.717, 1.165) is 22.3 Å². The van der Waals surface area contributed by atoms with E-state index >= 15 is 0 Å². The molecule has 1 unspecified atom stereocenters. The highest BCUT2D eigenvalue weighted by Crippen LogP contribution is 2.44. The monoisotopic (exact) mass is 559 g/mol. The zero-order valence-corrected chi connectivity index (χ0v) is 19.9. The molecule has 0 heterocycles. The van der Waals surface area contributed by atoms with Gasteiger partial charge in [-0.1, -0.05) is 64.5 Å². The van der Waals surface area contributed by atoms with Crippen LogP contribution in [0.25, 0.3) is 11.1 Å². The number of rotatable bonds is 6. The van der Waals surface area contributed by atoms with E-state index in [2.05, 4.69) is 37.2 Å². The summed E-state index contributed by atoms with van der Waals surface area (Å²) in [6.07, 6.45) is -0.934. The Bertz CT molecular complexity index is 1150. The average Bonchev–Trinajstić information content (AvgIpc) is 3.09. The summed E-state index contributed by atoms with van der Waals surface area (Å²) in [6, 6.07) is 17.9. The number of phenolic OH excluding ortho intramolecular Hbond substituents is 1. The van der Waals surface area contributed by atoms with E-state index < -0.39 is 18.1 Å². The molecule has 3 aromatic rings. The molecule has 0 aliphatic heterocycles. The van der Waals surface area contributed by atoms with Gasteiger partial charge in [-0.05, 0) is 55.9 Å². The molecule has 0 fully saturated rings. The Kier molecular flexibility index (Phi) is 6.53. The van der Waals surface area contributed by atoms with Gasteiger partial charge in [0.1, 0.15) is 18.4 Å². The number of halogens is 2. The van der Waals surface area contributed by atoms with Crippen molar-refractivity contribution in [3.05, 3.63) is 86.3 Å². The van der Waals surface area contributed by atoms with Crippen LogP contribution in [0, 0.1) is 0 Å². The minimum absolute atomic E-state index is 0.0752. The number of benzene rings is 3. The van der Waals surface area contributed by atoms with E-state index in [1.54, 1.807) is 12.1 Å². The number of alkyl carbamates (subject to hydrolysis) is 1. The molecule has 1 atom stereocenters. The maximum Gasteiger partial charge on any atom is 0.407 e. The number of carbonyl (C=O) groups is 2. The predicted octanol–water partition coefficient (Wildman–Crippen LogP) is 5.45. The largest absolute Gasteiger partial charge is 0.506 e. The molecule has 8 heteroatoms. The lowest BCUT2D eigenvalue weighted by Crippen LogP contribution is -2.43.